The Bertz CT molecular complexity index is 1450. The SMILES string of the molecule is COc1nc(-c2nc3n(n2)CCC[C@H]3c2cc(N3CC(C)CC(C)C3)ccc2Cl)ccc1-n1cnc(C)c1. The zero-order valence-corrected chi connectivity index (χ0v) is 23.2. The lowest BCUT2D eigenvalue weighted by molar-refractivity contribution is 0.357. The van der Waals surface area contributed by atoms with Gasteiger partial charge in [0.15, 0.2) is 5.82 Å². The summed E-state index contributed by atoms with van der Waals surface area (Å²) in [5.41, 5.74) is 4.81. The van der Waals surface area contributed by atoms with Crippen molar-refractivity contribution in [3.63, 3.8) is 0 Å². The molecule has 3 atom stereocenters. The average Bonchev–Trinajstić information content (AvgIpc) is 3.54. The molecule has 0 N–H and O–H groups in total. The van der Waals surface area contributed by atoms with Crippen LogP contribution in [0.4, 0.5) is 5.69 Å². The van der Waals surface area contributed by atoms with Gasteiger partial charge in [-0.05, 0) is 73.9 Å². The molecular weight excluding hydrogens is 498 g/mol. The van der Waals surface area contributed by atoms with Crippen LogP contribution in [0.1, 0.15) is 56.1 Å². The summed E-state index contributed by atoms with van der Waals surface area (Å²) in [7, 11) is 1.62. The molecule has 38 heavy (non-hydrogen) atoms. The maximum absolute atomic E-state index is 6.82. The van der Waals surface area contributed by atoms with Crippen LogP contribution < -0.4 is 9.64 Å². The van der Waals surface area contributed by atoms with Crippen molar-refractivity contribution in [2.24, 2.45) is 11.8 Å². The molecule has 9 heteroatoms. The van der Waals surface area contributed by atoms with Gasteiger partial charge in [0.05, 0.1) is 19.1 Å². The Labute approximate surface area is 228 Å². The van der Waals surface area contributed by atoms with Gasteiger partial charge in [-0.25, -0.2) is 19.6 Å². The highest BCUT2D eigenvalue weighted by atomic mass is 35.5. The van der Waals surface area contributed by atoms with E-state index in [2.05, 4.69) is 41.9 Å². The second-order valence-electron chi connectivity index (χ2n) is 10.9. The first kappa shape index (κ1) is 24.9. The number of rotatable bonds is 5. The number of piperidine rings is 1. The molecule has 0 aliphatic carbocycles. The fourth-order valence-corrected chi connectivity index (χ4v) is 6.33. The van der Waals surface area contributed by atoms with E-state index in [-0.39, 0.29) is 5.92 Å². The Morgan fingerprint density at radius 3 is 2.61 bits per heavy atom. The van der Waals surface area contributed by atoms with Gasteiger partial charge in [0, 0.05) is 42.5 Å². The maximum Gasteiger partial charge on any atom is 0.238 e. The standard InChI is InChI=1S/C29H34ClN7O/c1-18-12-19(2)15-35(14-18)21-7-8-24(30)23(13-21)22-6-5-11-37-28(22)33-27(34-37)25-9-10-26(29(32-25)38-4)36-16-20(3)31-17-36/h7-10,13,16-19,22H,5-6,11-12,14-15H2,1-4H3/t18?,19?,22-/m0/s1. The number of imidazole rings is 1. The number of halogens is 1. The first-order valence-electron chi connectivity index (χ1n) is 13.4. The van der Waals surface area contributed by atoms with Crippen molar-refractivity contribution in [2.45, 2.75) is 52.5 Å². The molecule has 3 aromatic heterocycles. The lowest BCUT2D eigenvalue weighted by Gasteiger charge is -2.37. The van der Waals surface area contributed by atoms with E-state index < -0.39 is 0 Å². The highest BCUT2D eigenvalue weighted by Gasteiger charge is 2.30. The Balaban J connectivity index is 1.33. The molecule has 0 bridgehead atoms. The van der Waals surface area contributed by atoms with E-state index in [1.54, 1.807) is 13.4 Å². The van der Waals surface area contributed by atoms with Crippen molar-refractivity contribution in [1.29, 1.82) is 0 Å². The number of nitrogens with zero attached hydrogens (tertiary/aromatic N) is 7. The fourth-order valence-electron chi connectivity index (χ4n) is 6.08. The van der Waals surface area contributed by atoms with E-state index in [1.807, 2.05) is 34.5 Å². The van der Waals surface area contributed by atoms with Gasteiger partial charge in [-0.3, -0.25) is 0 Å². The Morgan fingerprint density at radius 1 is 1.05 bits per heavy atom. The number of methoxy groups -OCH3 is 1. The van der Waals surface area contributed by atoms with Gasteiger partial charge in [0.2, 0.25) is 5.88 Å². The topological polar surface area (TPSA) is 73.9 Å². The highest BCUT2D eigenvalue weighted by molar-refractivity contribution is 6.31. The van der Waals surface area contributed by atoms with Crippen LogP contribution in [0.5, 0.6) is 5.88 Å². The average molecular weight is 532 g/mol. The number of aryl methyl sites for hydroxylation is 2. The third kappa shape index (κ3) is 4.66. The molecule has 6 rings (SSSR count). The minimum absolute atomic E-state index is 0.0900. The zero-order valence-electron chi connectivity index (χ0n) is 22.4. The van der Waals surface area contributed by atoms with Crippen LogP contribution in [0.15, 0.2) is 42.9 Å². The van der Waals surface area contributed by atoms with E-state index >= 15 is 0 Å². The van der Waals surface area contributed by atoms with Crippen LogP contribution in [-0.2, 0) is 6.54 Å². The fraction of sp³-hybridized carbons (Fsp3) is 0.448. The number of pyridine rings is 1. The van der Waals surface area contributed by atoms with E-state index in [1.165, 1.54) is 12.1 Å². The number of benzene rings is 1. The molecule has 0 saturated carbocycles. The van der Waals surface area contributed by atoms with E-state index in [0.29, 0.717) is 29.2 Å². The largest absolute Gasteiger partial charge is 0.479 e. The molecule has 2 unspecified atom stereocenters. The molecule has 1 fully saturated rings. The van der Waals surface area contributed by atoms with Crippen molar-refractivity contribution in [3.8, 4) is 23.1 Å². The monoisotopic (exact) mass is 531 g/mol. The number of fused-ring (bicyclic) bond motifs is 1. The minimum Gasteiger partial charge on any atom is -0.479 e. The van der Waals surface area contributed by atoms with Crippen LogP contribution in [0.2, 0.25) is 5.02 Å². The van der Waals surface area contributed by atoms with Crippen molar-refractivity contribution >= 4 is 17.3 Å². The number of hydrogen-bond donors (Lipinski definition) is 0. The lowest BCUT2D eigenvalue weighted by atomic mass is 9.89. The van der Waals surface area contributed by atoms with Gasteiger partial charge < -0.3 is 14.2 Å². The molecule has 1 saturated heterocycles. The molecule has 2 aliphatic heterocycles. The maximum atomic E-state index is 6.82. The summed E-state index contributed by atoms with van der Waals surface area (Å²) in [6.45, 7) is 9.64. The summed E-state index contributed by atoms with van der Waals surface area (Å²) in [4.78, 5) is 16.6. The van der Waals surface area contributed by atoms with Crippen molar-refractivity contribution < 1.29 is 4.74 Å². The van der Waals surface area contributed by atoms with Crippen LogP contribution >= 0.6 is 11.6 Å². The second-order valence-corrected chi connectivity index (χ2v) is 11.3. The number of aromatic nitrogens is 6. The Hall–Kier alpha value is -3.39. The van der Waals surface area contributed by atoms with Crippen molar-refractivity contribution in [1.82, 2.24) is 29.3 Å². The van der Waals surface area contributed by atoms with Crippen LogP contribution in [0.25, 0.3) is 17.2 Å². The summed E-state index contributed by atoms with van der Waals surface area (Å²) >= 11 is 6.82. The highest BCUT2D eigenvalue weighted by Crippen LogP contribution is 2.39. The lowest BCUT2D eigenvalue weighted by Crippen LogP contribution is -2.38. The summed E-state index contributed by atoms with van der Waals surface area (Å²) < 4.78 is 9.56. The number of hydrogen-bond acceptors (Lipinski definition) is 6. The minimum atomic E-state index is 0.0900. The van der Waals surface area contributed by atoms with Gasteiger partial charge in [0.25, 0.3) is 0 Å². The third-order valence-electron chi connectivity index (χ3n) is 7.72. The Morgan fingerprint density at radius 2 is 1.87 bits per heavy atom. The molecule has 1 aromatic carbocycles. The zero-order chi connectivity index (χ0) is 26.4. The molecular formula is C29H34ClN7O. The quantitative estimate of drug-likeness (QED) is 0.319. The molecule has 0 spiro atoms. The normalized spacial score (nSPS) is 21.4. The van der Waals surface area contributed by atoms with E-state index in [4.69, 9.17) is 31.4 Å². The predicted octanol–water partition coefficient (Wildman–Crippen LogP) is 5.90. The van der Waals surface area contributed by atoms with Crippen LogP contribution in [0, 0.1) is 18.8 Å². The second kappa shape index (κ2) is 10.1. The van der Waals surface area contributed by atoms with Crippen LogP contribution in [-0.4, -0.2) is 49.5 Å². The molecule has 198 valence electrons. The number of ether oxygens (including phenoxy) is 1. The van der Waals surface area contributed by atoms with Gasteiger partial charge in [-0.15, -0.1) is 5.10 Å². The summed E-state index contributed by atoms with van der Waals surface area (Å²) in [6.07, 6.45) is 7.00. The van der Waals surface area contributed by atoms with Crippen LogP contribution in [0.3, 0.4) is 0 Å². The molecule has 0 amide bonds. The number of anilines is 1. The molecule has 8 nitrogen and oxygen atoms in total. The molecule has 0 radical (unpaired) electrons. The van der Waals surface area contributed by atoms with E-state index in [0.717, 1.165) is 60.3 Å². The third-order valence-corrected chi connectivity index (χ3v) is 8.06. The molecule has 5 heterocycles. The van der Waals surface area contributed by atoms with E-state index in [9.17, 15) is 0 Å². The first-order chi connectivity index (χ1) is 18.4. The van der Waals surface area contributed by atoms with Gasteiger partial charge in [-0.1, -0.05) is 25.4 Å². The van der Waals surface area contributed by atoms with Crippen molar-refractivity contribution in [2.75, 3.05) is 25.1 Å². The first-order valence-corrected chi connectivity index (χ1v) is 13.8. The smallest absolute Gasteiger partial charge is 0.238 e. The predicted molar refractivity (Wildman–Crippen MR) is 149 cm³/mol. The molecule has 2 aliphatic rings. The van der Waals surface area contributed by atoms with Gasteiger partial charge in [-0.2, -0.15) is 0 Å². The molecule has 4 aromatic rings. The van der Waals surface area contributed by atoms with Gasteiger partial charge >= 0.3 is 0 Å². The summed E-state index contributed by atoms with van der Waals surface area (Å²) in [6, 6.07) is 10.4. The van der Waals surface area contributed by atoms with Crippen molar-refractivity contribution in [3.05, 3.63) is 65.0 Å². The summed E-state index contributed by atoms with van der Waals surface area (Å²) in [5.74, 6) is 3.52. The van der Waals surface area contributed by atoms with Gasteiger partial charge in [0.1, 0.15) is 17.2 Å². The Kier molecular flexibility index (Phi) is 6.60. The summed E-state index contributed by atoms with van der Waals surface area (Å²) in [5, 5.41) is 5.64.